The first-order valence-corrected chi connectivity index (χ1v) is 8.23. The van der Waals surface area contributed by atoms with E-state index >= 15 is 0 Å². The first-order valence-electron chi connectivity index (χ1n) is 8.23. The van der Waals surface area contributed by atoms with Gasteiger partial charge in [0.15, 0.2) is 0 Å². The molecule has 0 aromatic heterocycles. The van der Waals surface area contributed by atoms with Crippen molar-refractivity contribution < 1.29 is 29.3 Å². The summed E-state index contributed by atoms with van der Waals surface area (Å²) in [5.74, 6) is -2.72. The zero-order valence-electron chi connectivity index (χ0n) is 13.4. The Morgan fingerprint density at radius 1 is 1.44 bits per heavy atom. The Balaban J connectivity index is 1.40. The molecule has 1 aromatic carbocycles. The second-order valence-electron chi connectivity index (χ2n) is 6.72. The maximum atomic E-state index is 12.7. The molecule has 3 aliphatic rings. The lowest BCUT2D eigenvalue weighted by molar-refractivity contribution is -0.313. The number of benzene rings is 1. The number of hydrogen-bond donors (Lipinski definition) is 1. The molecule has 3 aliphatic heterocycles. The highest BCUT2D eigenvalue weighted by molar-refractivity contribution is 5.90. The zero-order chi connectivity index (χ0) is 17.6. The Bertz CT molecular complexity index is 720. The smallest absolute Gasteiger partial charge is 0.230 e. The molecule has 7 nitrogen and oxygen atoms in total. The Morgan fingerprint density at radius 2 is 2.20 bits per heavy atom. The van der Waals surface area contributed by atoms with E-state index in [4.69, 9.17) is 9.47 Å². The van der Waals surface area contributed by atoms with Gasteiger partial charge in [0.2, 0.25) is 5.91 Å². The number of ether oxygens (including phenoxy) is 2. The van der Waals surface area contributed by atoms with Crippen LogP contribution in [0.15, 0.2) is 42.5 Å². The highest BCUT2D eigenvalue weighted by Gasteiger charge is 2.65. The molecule has 4 rings (SSSR count). The molecule has 5 atom stereocenters. The summed E-state index contributed by atoms with van der Waals surface area (Å²) in [6, 6.07) is 9.07. The topological polar surface area (TPSA) is 99.1 Å². The number of para-hydroxylation sites is 1. The average molecular weight is 344 g/mol. The maximum absolute atomic E-state index is 12.7. The lowest BCUT2D eigenvalue weighted by Crippen LogP contribution is -2.45. The van der Waals surface area contributed by atoms with E-state index in [2.05, 4.69) is 0 Å². The van der Waals surface area contributed by atoms with Crippen molar-refractivity contribution in [2.75, 3.05) is 19.7 Å². The van der Waals surface area contributed by atoms with Crippen LogP contribution in [0.5, 0.6) is 5.75 Å². The van der Waals surface area contributed by atoms with Crippen LogP contribution in [0.3, 0.4) is 0 Å². The van der Waals surface area contributed by atoms with Crippen molar-refractivity contribution in [3.63, 3.8) is 0 Å². The molecule has 2 fully saturated rings. The molecule has 1 N–H and O–H groups in total. The molecular weight excluding hydrogens is 326 g/mol. The fourth-order valence-electron chi connectivity index (χ4n) is 4.02. The van der Waals surface area contributed by atoms with Crippen LogP contribution in [-0.2, 0) is 14.3 Å². The molecule has 0 radical (unpaired) electrons. The predicted octanol–water partition coefficient (Wildman–Crippen LogP) is -1.04. The molecule has 0 unspecified atom stereocenters. The number of fused-ring (bicyclic) bond motifs is 1. The third-order valence-corrected chi connectivity index (χ3v) is 5.07. The number of carbonyl (C=O) groups is 2. The number of β-amino-alcohol motifs (C(OH)–C–C–N with tert-alkyl or cyclic N) is 1. The molecule has 0 aliphatic carbocycles. The number of carbonyl (C=O) groups excluding carboxylic acids is 2. The molecule has 132 valence electrons. The number of carboxylic acids is 1. The van der Waals surface area contributed by atoms with Crippen molar-refractivity contribution >= 4 is 11.9 Å². The monoisotopic (exact) mass is 344 g/mol. The van der Waals surface area contributed by atoms with Crippen molar-refractivity contribution in [2.45, 2.75) is 17.8 Å². The SMILES string of the molecule is O=C([O-])[C@H]1[C@@H]2C=C[C@]3(CN(C[C@@H](O)COc4ccccc4)C(=O)[C@@H]13)O2. The van der Waals surface area contributed by atoms with Crippen molar-refractivity contribution in [3.8, 4) is 5.75 Å². The summed E-state index contributed by atoms with van der Waals surface area (Å²) in [5, 5.41) is 21.6. The fourth-order valence-corrected chi connectivity index (χ4v) is 4.02. The van der Waals surface area contributed by atoms with E-state index in [-0.39, 0.29) is 25.6 Å². The van der Waals surface area contributed by atoms with Crippen LogP contribution >= 0.6 is 0 Å². The molecule has 25 heavy (non-hydrogen) atoms. The number of carboxylic acid groups (broad SMARTS) is 1. The van der Waals surface area contributed by atoms with Gasteiger partial charge in [-0.2, -0.15) is 0 Å². The Morgan fingerprint density at radius 3 is 2.92 bits per heavy atom. The van der Waals surface area contributed by atoms with Gasteiger partial charge in [-0.1, -0.05) is 30.4 Å². The number of aliphatic hydroxyl groups excluding tert-OH is 1. The Hall–Kier alpha value is -2.38. The summed E-state index contributed by atoms with van der Waals surface area (Å²) < 4.78 is 11.3. The predicted molar refractivity (Wildman–Crippen MR) is 83.3 cm³/mol. The van der Waals surface area contributed by atoms with Gasteiger partial charge in [0, 0.05) is 11.9 Å². The van der Waals surface area contributed by atoms with Crippen LogP contribution in [0, 0.1) is 11.8 Å². The molecule has 2 bridgehead atoms. The summed E-state index contributed by atoms with van der Waals surface area (Å²) >= 11 is 0. The maximum Gasteiger partial charge on any atom is 0.230 e. The van der Waals surface area contributed by atoms with Crippen molar-refractivity contribution in [1.82, 2.24) is 4.90 Å². The normalized spacial score (nSPS) is 33.6. The lowest BCUT2D eigenvalue weighted by atomic mass is 9.77. The van der Waals surface area contributed by atoms with Crippen LogP contribution in [-0.4, -0.2) is 59.4 Å². The largest absolute Gasteiger partial charge is 0.550 e. The molecule has 1 spiro atoms. The van der Waals surface area contributed by atoms with E-state index in [1.54, 1.807) is 24.3 Å². The van der Waals surface area contributed by atoms with Crippen molar-refractivity contribution in [3.05, 3.63) is 42.5 Å². The summed E-state index contributed by atoms with van der Waals surface area (Å²) in [5.41, 5.74) is -0.910. The number of nitrogens with zero attached hydrogens (tertiary/aromatic N) is 1. The van der Waals surface area contributed by atoms with E-state index in [0.717, 1.165) is 0 Å². The second-order valence-corrected chi connectivity index (χ2v) is 6.72. The molecular formula is C18H18NO6-. The minimum Gasteiger partial charge on any atom is -0.550 e. The molecule has 1 aromatic rings. The van der Waals surface area contributed by atoms with E-state index in [9.17, 15) is 19.8 Å². The quantitative estimate of drug-likeness (QED) is 0.662. The molecule has 0 saturated carbocycles. The van der Waals surface area contributed by atoms with E-state index < -0.39 is 35.6 Å². The number of aliphatic carboxylic acids is 1. The van der Waals surface area contributed by atoms with Crippen molar-refractivity contribution in [1.29, 1.82) is 0 Å². The summed E-state index contributed by atoms with van der Waals surface area (Å²) in [7, 11) is 0. The summed E-state index contributed by atoms with van der Waals surface area (Å²) in [6.07, 6.45) is 1.96. The summed E-state index contributed by atoms with van der Waals surface area (Å²) in [6.45, 7) is 0.329. The molecule has 2 saturated heterocycles. The Labute approximate surface area is 144 Å². The van der Waals surface area contributed by atoms with E-state index in [1.165, 1.54) is 4.90 Å². The fraction of sp³-hybridized carbons (Fsp3) is 0.444. The minimum absolute atomic E-state index is 0.0364. The lowest BCUT2D eigenvalue weighted by Gasteiger charge is -2.25. The molecule has 7 heteroatoms. The van der Waals surface area contributed by atoms with Gasteiger partial charge in [0.1, 0.15) is 24.1 Å². The highest BCUT2D eigenvalue weighted by atomic mass is 16.5. The van der Waals surface area contributed by atoms with Gasteiger partial charge in [-0.25, -0.2) is 0 Å². The first kappa shape index (κ1) is 16.1. The van der Waals surface area contributed by atoms with Gasteiger partial charge in [-0.05, 0) is 12.1 Å². The number of amides is 1. The van der Waals surface area contributed by atoms with Crippen LogP contribution in [0.4, 0.5) is 0 Å². The van der Waals surface area contributed by atoms with Crippen LogP contribution in [0.2, 0.25) is 0 Å². The number of rotatable bonds is 6. The number of hydrogen-bond acceptors (Lipinski definition) is 6. The van der Waals surface area contributed by atoms with Gasteiger partial charge in [-0.15, -0.1) is 0 Å². The van der Waals surface area contributed by atoms with Gasteiger partial charge in [-0.3, -0.25) is 4.79 Å². The van der Waals surface area contributed by atoms with Crippen LogP contribution < -0.4 is 9.84 Å². The van der Waals surface area contributed by atoms with E-state index in [0.29, 0.717) is 5.75 Å². The van der Waals surface area contributed by atoms with Crippen LogP contribution in [0.1, 0.15) is 0 Å². The minimum atomic E-state index is -1.27. The molecule has 1 amide bonds. The Kier molecular flexibility index (Phi) is 3.77. The number of likely N-dealkylation sites (tertiary alicyclic amines) is 1. The highest BCUT2D eigenvalue weighted by Crippen LogP contribution is 2.51. The number of aliphatic hydroxyl groups is 1. The van der Waals surface area contributed by atoms with Gasteiger partial charge >= 0.3 is 0 Å². The van der Waals surface area contributed by atoms with Gasteiger partial charge in [0.05, 0.1) is 25.1 Å². The average Bonchev–Trinajstić information content (AvgIpc) is 3.22. The second kappa shape index (κ2) is 5.86. The van der Waals surface area contributed by atoms with Gasteiger partial charge < -0.3 is 29.4 Å². The first-order chi connectivity index (χ1) is 12.0. The van der Waals surface area contributed by atoms with Crippen LogP contribution in [0.25, 0.3) is 0 Å². The zero-order valence-corrected chi connectivity index (χ0v) is 13.4. The summed E-state index contributed by atoms with van der Waals surface area (Å²) in [4.78, 5) is 25.5. The van der Waals surface area contributed by atoms with Gasteiger partial charge in [0.25, 0.3) is 0 Å². The van der Waals surface area contributed by atoms with E-state index in [1.807, 2.05) is 18.2 Å². The standard InChI is InChI=1S/C18H19NO6/c20-11(9-24-12-4-2-1-3-5-12)8-19-10-18-7-6-13(25-18)14(17(22)23)15(18)16(19)21/h1-7,11,13-15,20H,8-10H2,(H,22,23)/p-1/t11-,13+,14+,15-,18-/m1/s1. The third kappa shape index (κ3) is 2.60. The molecule has 3 heterocycles. The van der Waals surface area contributed by atoms with Crippen molar-refractivity contribution in [2.24, 2.45) is 11.8 Å². The third-order valence-electron chi connectivity index (χ3n) is 5.07.